The van der Waals surface area contributed by atoms with Crippen molar-refractivity contribution in [2.75, 3.05) is 0 Å². The van der Waals surface area contributed by atoms with Crippen molar-refractivity contribution in [3.05, 3.63) is 29.8 Å². The molecule has 1 aromatic rings. The number of nitrogens with two attached hydrogens (primary N) is 1. The van der Waals surface area contributed by atoms with Crippen LogP contribution in [0.3, 0.4) is 0 Å². The molecule has 0 aliphatic carbocycles. The Balaban J connectivity index is 2.63. The second kappa shape index (κ2) is 8.42. The molecule has 0 aromatic heterocycles. The molecule has 0 aliphatic heterocycles. The van der Waals surface area contributed by atoms with E-state index in [0.29, 0.717) is 12.0 Å². The van der Waals surface area contributed by atoms with Crippen LogP contribution in [0.2, 0.25) is 0 Å². The summed E-state index contributed by atoms with van der Waals surface area (Å²) in [6, 6.07) is 3.54. The quantitative estimate of drug-likeness (QED) is 0.706. The minimum atomic E-state index is -4.75. The summed E-state index contributed by atoms with van der Waals surface area (Å²) in [7, 11) is 0. The number of hydrogen-bond acceptors (Lipinski definition) is 3. The zero-order valence-corrected chi connectivity index (χ0v) is 13.3. The van der Waals surface area contributed by atoms with Crippen molar-refractivity contribution in [2.24, 2.45) is 11.7 Å². The first-order valence-corrected chi connectivity index (χ1v) is 7.30. The van der Waals surface area contributed by atoms with Gasteiger partial charge in [-0.15, -0.1) is 13.2 Å². The number of amides is 3. The summed E-state index contributed by atoms with van der Waals surface area (Å²) in [6.45, 7) is 3.76. The van der Waals surface area contributed by atoms with E-state index in [0.717, 1.165) is 12.1 Å². The Morgan fingerprint density at radius 3 is 2.29 bits per heavy atom. The molecule has 24 heavy (non-hydrogen) atoms. The van der Waals surface area contributed by atoms with Crippen LogP contribution in [0.1, 0.15) is 25.8 Å². The van der Waals surface area contributed by atoms with Crippen LogP contribution in [0.4, 0.5) is 18.0 Å². The van der Waals surface area contributed by atoms with E-state index in [1.165, 1.54) is 12.1 Å². The number of primary amides is 1. The van der Waals surface area contributed by atoms with Gasteiger partial charge in [0.15, 0.2) is 0 Å². The number of nitrogens with one attached hydrogen (secondary N) is 2. The van der Waals surface area contributed by atoms with Crippen LogP contribution in [0.25, 0.3) is 0 Å². The molecular formula is C15H20F3N3O3. The highest BCUT2D eigenvalue weighted by molar-refractivity contribution is 5.86. The third-order valence-electron chi connectivity index (χ3n) is 3.42. The second-order valence-corrected chi connectivity index (χ2v) is 5.28. The molecule has 1 aromatic carbocycles. The fourth-order valence-electron chi connectivity index (χ4n) is 1.96. The standard InChI is InChI=1S/C15H20F3N3O3/c1-3-9(2)12(21-14(19)23)13(22)20-8-10-4-6-11(7-5-10)24-15(16,17)18/h4-7,9,12H,3,8H2,1-2H3,(H,20,22)(H3,19,21,23)/t9-,12-/m0/s1. The van der Waals surface area contributed by atoms with Crippen LogP contribution in [0, 0.1) is 5.92 Å². The molecule has 0 heterocycles. The molecular weight excluding hydrogens is 327 g/mol. The predicted molar refractivity (Wildman–Crippen MR) is 80.9 cm³/mol. The van der Waals surface area contributed by atoms with E-state index in [2.05, 4.69) is 15.4 Å². The van der Waals surface area contributed by atoms with E-state index < -0.39 is 24.3 Å². The first-order valence-electron chi connectivity index (χ1n) is 7.30. The Hall–Kier alpha value is -2.45. The lowest BCUT2D eigenvalue weighted by molar-refractivity contribution is -0.274. The maximum Gasteiger partial charge on any atom is 0.573 e. The van der Waals surface area contributed by atoms with E-state index in [1.807, 2.05) is 6.92 Å². The van der Waals surface area contributed by atoms with Crippen LogP contribution in [0.5, 0.6) is 5.75 Å². The van der Waals surface area contributed by atoms with Gasteiger partial charge in [-0.3, -0.25) is 4.79 Å². The maximum absolute atomic E-state index is 12.2. The lowest BCUT2D eigenvalue weighted by atomic mass is 9.98. The van der Waals surface area contributed by atoms with Crippen LogP contribution in [-0.2, 0) is 11.3 Å². The molecule has 134 valence electrons. The first-order chi connectivity index (χ1) is 11.1. The summed E-state index contributed by atoms with van der Waals surface area (Å²) in [5, 5.41) is 5.00. The molecule has 0 bridgehead atoms. The van der Waals surface area contributed by atoms with E-state index in [9.17, 15) is 22.8 Å². The number of ether oxygens (including phenoxy) is 1. The number of alkyl halides is 3. The number of carbonyl (C=O) groups is 2. The number of benzene rings is 1. The van der Waals surface area contributed by atoms with Crippen molar-refractivity contribution >= 4 is 11.9 Å². The molecule has 6 nitrogen and oxygen atoms in total. The predicted octanol–water partition coefficient (Wildman–Crippen LogP) is 2.28. The van der Waals surface area contributed by atoms with Crippen LogP contribution in [-0.4, -0.2) is 24.3 Å². The van der Waals surface area contributed by atoms with E-state index in [1.54, 1.807) is 6.92 Å². The normalized spacial score (nSPS) is 13.7. The minimum absolute atomic E-state index is 0.0957. The highest BCUT2D eigenvalue weighted by Crippen LogP contribution is 2.22. The van der Waals surface area contributed by atoms with Gasteiger partial charge in [-0.2, -0.15) is 0 Å². The first kappa shape index (κ1) is 19.6. The van der Waals surface area contributed by atoms with E-state index in [4.69, 9.17) is 5.73 Å². The lowest BCUT2D eigenvalue weighted by Gasteiger charge is -2.22. The molecule has 2 atom stereocenters. The zero-order chi connectivity index (χ0) is 18.3. The number of urea groups is 1. The Morgan fingerprint density at radius 1 is 1.25 bits per heavy atom. The van der Waals surface area contributed by atoms with Crippen LogP contribution >= 0.6 is 0 Å². The van der Waals surface area contributed by atoms with Gasteiger partial charge in [0.1, 0.15) is 11.8 Å². The third-order valence-corrected chi connectivity index (χ3v) is 3.42. The fourth-order valence-corrected chi connectivity index (χ4v) is 1.96. The van der Waals surface area contributed by atoms with E-state index in [-0.39, 0.29) is 18.2 Å². The topological polar surface area (TPSA) is 93.5 Å². The average molecular weight is 347 g/mol. The third kappa shape index (κ3) is 6.76. The van der Waals surface area contributed by atoms with E-state index >= 15 is 0 Å². The van der Waals surface area contributed by atoms with Gasteiger partial charge >= 0.3 is 12.4 Å². The van der Waals surface area contributed by atoms with Crippen LogP contribution < -0.4 is 21.1 Å². The van der Waals surface area contributed by atoms with Gasteiger partial charge in [0, 0.05) is 6.54 Å². The summed E-state index contributed by atoms with van der Waals surface area (Å²) in [5.41, 5.74) is 5.65. The number of halogens is 3. The molecule has 0 spiro atoms. The van der Waals surface area contributed by atoms with Crippen molar-refractivity contribution in [1.82, 2.24) is 10.6 Å². The Kier molecular flexibility index (Phi) is 6.87. The SMILES string of the molecule is CC[C@H](C)[C@H](NC(N)=O)C(=O)NCc1ccc(OC(F)(F)F)cc1. The van der Waals surface area contributed by atoms with Crippen molar-refractivity contribution in [3.8, 4) is 5.75 Å². The zero-order valence-electron chi connectivity index (χ0n) is 13.3. The summed E-state index contributed by atoms with van der Waals surface area (Å²) in [6.07, 6.45) is -4.10. The Morgan fingerprint density at radius 2 is 1.83 bits per heavy atom. The highest BCUT2D eigenvalue weighted by Gasteiger charge is 2.31. The van der Waals surface area contributed by atoms with Crippen molar-refractivity contribution in [1.29, 1.82) is 0 Å². The number of carbonyl (C=O) groups excluding carboxylic acids is 2. The van der Waals surface area contributed by atoms with Gasteiger partial charge in [-0.1, -0.05) is 32.4 Å². The number of rotatable bonds is 7. The largest absolute Gasteiger partial charge is 0.573 e. The Labute approximate surface area is 137 Å². The molecule has 1 rings (SSSR count). The van der Waals surface area contributed by atoms with Crippen molar-refractivity contribution in [2.45, 2.75) is 39.2 Å². The highest BCUT2D eigenvalue weighted by atomic mass is 19.4. The van der Waals surface area contributed by atoms with Gasteiger partial charge in [0.05, 0.1) is 0 Å². The lowest BCUT2D eigenvalue weighted by Crippen LogP contribution is -2.51. The molecule has 9 heteroatoms. The smallest absolute Gasteiger partial charge is 0.406 e. The molecule has 4 N–H and O–H groups in total. The van der Waals surface area contributed by atoms with Crippen molar-refractivity contribution in [3.63, 3.8) is 0 Å². The molecule has 0 radical (unpaired) electrons. The van der Waals surface area contributed by atoms with Gasteiger partial charge < -0.3 is 21.1 Å². The fraction of sp³-hybridized carbons (Fsp3) is 0.467. The summed E-state index contributed by atoms with van der Waals surface area (Å²) < 4.78 is 40.0. The average Bonchev–Trinajstić information content (AvgIpc) is 2.49. The molecule has 0 aliphatic rings. The molecule has 0 saturated heterocycles. The minimum Gasteiger partial charge on any atom is -0.406 e. The van der Waals surface area contributed by atoms with Gasteiger partial charge in [-0.05, 0) is 23.6 Å². The molecule has 3 amide bonds. The van der Waals surface area contributed by atoms with Crippen molar-refractivity contribution < 1.29 is 27.5 Å². The summed E-state index contributed by atoms with van der Waals surface area (Å²) in [5.74, 6) is -0.885. The Bertz CT molecular complexity index is 561. The summed E-state index contributed by atoms with van der Waals surface area (Å²) in [4.78, 5) is 23.1. The van der Waals surface area contributed by atoms with Gasteiger partial charge in [0.25, 0.3) is 0 Å². The second-order valence-electron chi connectivity index (χ2n) is 5.28. The maximum atomic E-state index is 12.2. The number of hydrogen-bond donors (Lipinski definition) is 3. The molecule has 0 saturated carbocycles. The summed E-state index contributed by atoms with van der Waals surface area (Å²) >= 11 is 0. The van der Waals surface area contributed by atoms with Crippen LogP contribution in [0.15, 0.2) is 24.3 Å². The van der Waals surface area contributed by atoms with Gasteiger partial charge in [0.2, 0.25) is 5.91 Å². The monoisotopic (exact) mass is 347 g/mol. The van der Waals surface area contributed by atoms with Gasteiger partial charge in [-0.25, -0.2) is 4.79 Å². The molecule has 0 unspecified atom stereocenters. The molecule has 0 fully saturated rings.